The van der Waals surface area contributed by atoms with Crippen LogP contribution in [0.3, 0.4) is 0 Å². The standard InChI is InChI=1S/C23H35NO5Si/c1-8-28-21(25)13-12-17-10-9-11-19-16(2)24(22(26)27)18(14-20(17)19)15-29-30(6,7)23(3,4)5/h9-13,16,18H,8,14-15H2,1-7H3,(H,26,27)/t16-,18+/m0/s1. The zero-order valence-electron chi connectivity index (χ0n) is 19.2. The quantitative estimate of drug-likeness (QED) is 0.377. The lowest BCUT2D eigenvalue weighted by molar-refractivity contribution is -0.137. The lowest BCUT2D eigenvalue weighted by Gasteiger charge is -2.43. The van der Waals surface area contributed by atoms with E-state index in [2.05, 4.69) is 33.9 Å². The number of esters is 1. The van der Waals surface area contributed by atoms with E-state index < -0.39 is 14.4 Å². The first-order valence-corrected chi connectivity index (χ1v) is 13.4. The molecular formula is C23H35NO5Si. The van der Waals surface area contributed by atoms with Gasteiger partial charge in [0.1, 0.15) is 0 Å². The first-order chi connectivity index (χ1) is 13.9. The Morgan fingerprint density at radius 1 is 1.30 bits per heavy atom. The Morgan fingerprint density at radius 2 is 1.97 bits per heavy atom. The number of ether oxygens (including phenoxy) is 1. The summed E-state index contributed by atoms with van der Waals surface area (Å²) in [6, 6.07) is 5.23. The molecule has 0 radical (unpaired) electrons. The van der Waals surface area contributed by atoms with Crippen molar-refractivity contribution < 1.29 is 23.9 Å². The van der Waals surface area contributed by atoms with Gasteiger partial charge in [0.15, 0.2) is 8.32 Å². The van der Waals surface area contributed by atoms with E-state index in [1.807, 2.05) is 25.1 Å². The second-order valence-corrected chi connectivity index (χ2v) is 14.1. The molecule has 1 heterocycles. The summed E-state index contributed by atoms with van der Waals surface area (Å²) in [7, 11) is -2.01. The molecule has 0 saturated heterocycles. The predicted molar refractivity (Wildman–Crippen MR) is 121 cm³/mol. The molecule has 7 heteroatoms. The van der Waals surface area contributed by atoms with Crippen LogP contribution < -0.4 is 0 Å². The maximum absolute atomic E-state index is 12.1. The predicted octanol–water partition coefficient (Wildman–Crippen LogP) is 5.25. The number of carbonyl (C=O) groups excluding carboxylic acids is 1. The molecule has 2 rings (SSSR count). The van der Waals surface area contributed by atoms with Crippen molar-refractivity contribution >= 4 is 26.5 Å². The van der Waals surface area contributed by atoms with E-state index in [9.17, 15) is 14.7 Å². The number of carboxylic acid groups (broad SMARTS) is 1. The molecule has 1 aliphatic rings. The van der Waals surface area contributed by atoms with E-state index in [1.54, 1.807) is 13.0 Å². The monoisotopic (exact) mass is 433 g/mol. The summed E-state index contributed by atoms with van der Waals surface area (Å²) in [5.74, 6) is -0.385. The molecule has 0 bridgehead atoms. The Balaban J connectivity index is 2.36. The van der Waals surface area contributed by atoms with E-state index in [0.29, 0.717) is 19.6 Å². The topological polar surface area (TPSA) is 76.1 Å². The van der Waals surface area contributed by atoms with Gasteiger partial charge in [-0.25, -0.2) is 9.59 Å². The zero-order valence-corrected chi connectivity index (χ0v) is 20.2. The van der Waals surface area contributed by atoms with Crippen molar-refractivity contribution in [3.8, 4) is 0 Å². The third kappa shape index (κ3) is 5.32. The maximum Gasteiger partial charge on any atom is 0.408 e. The summed E-state index contributed by atoms with van der Waals surface area (Å²) in [5.41, 5.74) is 2.94. The van der Waals surface area contributed by atoms with Crippen LogP contribution >= 0.6 is 0 Å². The molecule has 30 heavy (non-hydrogen) atoms. The first kappa shape index (κ1) is 24.1. The summed E-state index contributed by atoms with van der Waals surface area (Å²) in [4.78, 5) is 25.3. The lowest BCUT2D eigenvalue weighted by Crippen LogP contribution is -2.51. The molecule has 0 aromatic heterocycles. The van der Waals surface area contributed by atoms with Crippen LogP contribution in [0.5, 0.6) is 0 Å². The lowest BCUT2D eigenvalue weighted by atomic mass is 9.86. The largest absolute Gasteiger partial charge is 0.465 e. The fourth-order valence-electron chi connectivity index (χ4n) is 3.54. The molecule has 1 amide bonds. The molecule has 0 spiro atoms. The van der Waals surface area contributed by atoms with Crippen molar-refractivity contribution in [3.05, 3.63) is 41.0 Å². The number of fused-ring (bicyclic) bond motifs is 1. The van der Waals surface area contributed by atoms with Gasteiger partial charge in [0.2, 0.25) is 0 Å². The number of carbonyl (C=O) groups is 2. The highest BCUT2D eigenvalue weighted by molar-refractivity contribution is 6.74. The van der Waals surface area contributed by atoms with E-state index >= 15 is 0 Å². The van der Waals surface area contributed by atoms with Gasteiger partial charge in [-0.15, -0.1) is 0 Å². The fraction of sp³-hybridized carbons (Fsp3) is 0.565. The molecule has 0 fully saturated rings. The second-order valence-electron chi connectivity index (χ2n) is 9.30. The molecule has 0 saturated carbocycles. The Labute approximate surface area is 181 Å². The minimum Gasteiger partial charge on any atom is -0.465 e. The van der Waals surface area contributed by atoms with E-state index in [1.165, 1.54) is 11.0 Å². The fourth-order valence-corrected chi connectivity index (χ4v) is 4.58. The van der Waals surface area contributed by atoms with Gasteiger partial charge in [-0.05, 0) is 61.2 Å². The molecule has 1 aromatic carbocycles. The molecule has 1 N–H and O–H groups in total. The van der Waals surface area contributed by atoms with Gasteiger partial charge < -0.3 is 14.3 Å². The summed E-state index contributed by atoms with van der Waals surface area (Å²) >= 11 is 0. The van der Waals surface area contributed by atoms with E-state index in [0.717, 1.165) is 16.7 Å². The molecule has 1 aliphatic heterocycles. The number of rotatable bonds is 6. The van der Waals surface area contributed by atoms with E-state index in [-0.39, 0.29) is 23.1 Å². The molecule has 166 valence electrons. The first-order valence-electron chi connectivity index (χ1n) is 10.5. The van der Waals surface area contributed by atoms with Gasteiger partial charge in [0.25, 0.3) is 0 Å². The second kappa shape index (κ2) is 9.35. The SMILES string of the molecule is CCOC(=O)C=Cc1cccc2c1C[C@H](CO[Si](C)(C)C(C)(C)C)N(C(=O)O)[C@H]2C. The molecule has 1 aromatic rings. The van der Waals surface area contributed by atoms with Gasteiger partial charge in [0.05, 0.1) is 25.3 Å². The molecule has 0 aliphatic carbocycles. The van der Waals surface area contributed by atoms with Crippen molar-refractivity contribution in [1.82, 2.24) is 4.90 Å². The van der Waals surface area contributed by atoms with Crippen LogP contribution in [-0.2, 0) is 20.4 Å². The minimum atomic E-state index is -2.01. The Kier molecular flexibility index (Phi) is 7.53. The van der Waals surface area contributed by atoms with Crippen LogP contribution in [0.1, 0.15) is 57.4 Å². The smallest absolute Gasteiger partial charge is 0.408 e. The summed E-state index contributed by atoms with van der Waals surface area (Å²) < 4.78 is 11.4. The normalized spacial score (nSPS) is 19.6. The Hall–Kier alpha value is -2.12. The van der Waals surface area contributed by atoms with Crippen molar-refractivity contribution in [2.24, 2.45) is 0 Å². The maximum atomic E-state index is 12.1. The molecule has 2 atom stereocenters. The van der Waals surface area contributed by atoms with Gasteiger partial charge >= 0.3 is 12.1 Å². The average Bonchev–Trinajstić information content (AvgIpc) is 2.64. The highest BCUT2D eigenvalue weighted by Gasteiger charge is 2.41. The Bertz CT molecular complexity index is 812. The third-order valence-electron chi connectivity index (χ3n) is 6.30. The van der Waals surface area contributed by atoms with Crippen molar-refractivity contribution in [2.45, 2.75) is 71.3 Å². The van der Waals surface area contributed by atoms with Crippen molar-refractivity contribution in [3.63, 3.8) is 0 Å². The van der Waals surface area contributed by atoms with Crippen LogP contribution in [0.15, 0.2) is 24.3 Å². The van der Waals surface area contributed by atoms with Crippen molar-refractivity contribution in [1.29, 1.82) is 0 Å². The van der Waals surface area contributed by atoms with Crippen LogP contribution in [-0.4, -0.2) is 49.6 Å². The Morgan fingerprint density at radius 3 is 2.53 bits per heavy atom. The molecule has 6 nitrogen and oxygen atoms in total. The number of benzene rings is 1. The highest BCUT2D eigenvalue weighted by atomic mass is 28.4. The van der Waals surface area contributed by atoms with Gasteiger partial charge in [-0.1, -0.05) is 39.0 Å². The summed E-state index contributed by atoms with van der Waals surface area (Å²) in [5, 5.41) is 9.95. The van der Waals surface area contributed by atoms with Gasteiger partial charge in [-0.2, -0.15) is 0 Å². The average molecular weight is 434 g/mol. The van der Waals surface area contributed by atoms with Crippen LogP contribution in [0.4, 0.5) is 4.79 Å². The van der Waals surface area contributed by atoms with Crippen LogP contribution in [0, 0.1) is 0 Å². The summed E-state index contributed by atoms with van der Waals surface area (Å²) in [6.45, 7) is 15.2. The number of hydrogen-bond acceptors (Lipinski definition) is 4. The minimum absolute atomic E-state index is 0.0484. The van der Waals surface area contributed by atoms with Crippen LogP contribution in [0.25, 0.3) is 6.08 Å². The van der Waals surface area contributed by atoms with Crippen LogP contribution in [0.2, 0.25) is 18.1 Å². The molecular weight excluding hydrogens is 398 g/mol. The third-order valence-corrected chi connectivity index (χ3v) is 10.8. The van der Waals surface area contributed by atoms with Gasteiger partial charge in [0, 0.05) is 6.08 Å². The zero-order chi connectivity index (χ0) is 22.7. The number of hydrogen-bond donors (Lipinski definition) is 1. The van der Waals surface area contributed by atoms with Gasteiger partial charge in [-0.3, -0.25) is 4.90 Å². The highest BCUT2D eigenvalue weighted by Crippen LogP contribution is 2.39. The van der Waals surface area contributed by atoms with Crippen molar-refractivity contribution in [2.75, 3.05) is 13.2 Å². The van der Waals surface area contributed by atoms with E-state index in [4.69, 9.17) is 9.16 Å². The number of amides is 1. The number of nitrogens with zero attached hydrogens (tertiary/aromatic N) is 1. The summed E-state index contributed by atoms with van der Waals surface area (Å²) in [6.07, 6.45) is 2.79. The molecule has 0 unspecified atom stereocenters.